The Morgan fingerprint density at radius 1 is 1.21 bits per heavy atom. The molecule has 166 valence electrons. The molecule has 0 spiro atoms. The van der Waals surface area contributed by atoms with Gasteiger partial charge in [-0.2, -0.15) is 13.2 Å². The number of nitrogens with zero attached hydrogens (tertiary/aromatic N) is 1. The van der Waals surface area contributed by atoms with Crippen molar-refractivity contribution in [2.24, 2.45) is 5.41 Å². The fraction of sp³-hybridized carbons (Fsp3) is 0.600. The van der Waals surface area contributed by atoms with E-state index in [0.717, 1.165) is 18.2 Å². The molecule has 1 aromatic rings. The first kappa shape index (κ1) is 26.8. The summed E-state index contributed by atoms with van der Waals surface area (Å²) in [4.78, 5) is 21.7. The van der Waals surface area contributed by atoms with Crippen LogP contribution in [0.4, 0.5) is 23.2 Å². The minimum Gasteiger partial charge on any atom is -0.483 e. The van der Waals surface area contributed by atoms with Gasteiger partial charge in [-0.15, -0.1) is 0 Å². The Bertz CT molecular complexity index is 638. The van der Waals surface area contributed by atoms with E-state index in [-0.39, 0.29) is 12.2 Å². The molecule has 0 amide bonds. The van der Waals surface area contributed by atoms with Gasteiger partial charge in [-0.05, 0) is 57.0 Å². The summed E-state index contributed by atoms with van der Waals surface area (Å²) < 4.78 is 50.8. The van der Waals surface area contributed by atoms with Gasteiger partial charge in [0.15, 0.2) is 0 Å². The van der Waals surface area contributed by atoms with Crippen molar-refractivity contribution in [1.29, 1.82) is 0 Å². The lowest BCUT2D eigenvalue weighted by Gasteiger charge is -2.27. The van der Waals surface area contributed by atoms with Gasteiger partial charge in [0.2, 0.25) is 0 Å². The van der Waals surface area contributed by atoms with E-state index in [4.69, 9.17) is 9.90 Å². The number of carboxylic acid groups (broad SMARTS) is 1. The summed E-state index contributed by atoms with van der Waals surface area (Å²) in [6.07, 6.45) is -1.23. The van der Waals surface area contributed by atoms with Crippen molar-refractivity contribution in [3.05, 3.63) is 29.6 Å². The van der Waals surface area contributed by atoms with Gasteiger partial charge in [0.25, 0.3) is 6.47 Å². The van der Waals surface area contributed by atoms with Crippen molar-refractivity contribution in [2.75, 3.05) is 18.9 Å². The predicted octanol–water partition coefficient (Wildman–Crippen LogP) is 4.67. The molecule has 29 heavy (non-hydrogen) atoms. The molecule has 0 bridgehead atoms. The SMILES string of the molecule is CC(C)(C)[C@@H](C=O)Nc1cc(F)cc(C(F)(F)F)c1.CC1CCCN1C.O=CO. The van der Waals surface area contributed by atoms with Crippen LogP contribution in [0.3, 0.4) is 0 Å². The van der Waals surface area contributed by atoms with Gasteiger partial charge in [-0.1, -0.05) is 20.8 Å². The van der Waals surface area contributed by atoms with Crippen LogP contribution in [0.15, 0.2) is 18.2 Å². The molecule has 1 unspecified atom stereocenters. The lowest BCUT2D eigenvalue weighted by Crippen LogP contribution is -2.35. The second-order valence-electron chi connectivity index (χ2n) is 7.93. The van der Waals surface area contributed by atoms with Crippen molar-refractivity contribution in [3.8, 4) is 0 Å². The molecule has 2 N–H and O–H groups in total. The molecule has 1 aromatic carbocycles. The normalized spacial score (nSPS) is 17.9. The van der Waals surface area contributed by atoms with Gasteiger partial charge in [0.1, 0.15) is 12.1 Å². The van der Waals surface area contributed by atoms with E-state index in [1.54, 1.807) is 20.8 Å². The van der Waals surface area contributed by atoms with E-state index in [9.17, 15) is 22.4 Å². The Labute approximate surface area is 169 Å². The molecule has 9 heteroatoms. The van der Waals surface area contributed by atoms with Crippen LogP contribution < -0.4 is 5.32 Å². The summed E-state index contributed by atoms with van der Waals surface area (Å²) in [6.45, 7) is 8.60. The number of hydrogen-bond donors (Lipinski definition) is 2. The fourth-order valence-electron chi connectivity index (χ4n) is 2.55. The van der Waals surface area contributed by atoms with Crippen molar-refractivity contribution in [3.63, 3.8) is 0 Å². The summed E-state index contributed by atoms with van der Waals surface area (Å²) in [7, 11) is 2.19. The largest absolute Gasteiger partial charge is 0.483 e. The van der Waals surface area contributed by atoms with E-state index in [2.05, 4.69) is 24.2 Å². The summed E-state index contributed by atoms with van der Waals surface area (Å²) in [5.41, 5.74) is -1.65. The minimum absolute atomic E-state index is 0.0700. The number of halogens is 4. The molecule has 1 aliphatic heterocycles. The van der Waals surface area contributed by atoms with Crippen LogP contribution in [0, 0.1) is 11.2 Å². The minimum atomic E-state index is -4.63. The van der Waals surface area contributed by atoms with Crippen molar-refractivity contribution in [1.82, 2.24) is 4.90 Å². The average Bonchev–Trinajstić information content (AvgIpc) is 2.95. The Kier molecular flexibility index (Phi) is 10.9. The highest BCUT2D eigenvalue weighted by atomic mass is 19.4. The molecule has 0 saturated carbocycles. The van der Waals surface area contributed by atoms with E-state index in [1.807, 2.05) is 0 Å². The predicted molar refractivity (Wildman–Crippen MR) is 104 cm³/mol. The van der Waals surface area contributed by atoms with Crippen LogP contribution in [-0.4, -0.2) is 48.4 Å². The van der Waals surface area contributed by atoms with Crippen LogP contribution in [0.5, 0.6) is 0 Å². The van der Waals surface area contributed by atoms with Gasteiger partial charge < -0.3 is 20.1 Å². The van der Waals surface area contributed by atoms with Crippen LogP contribution in [-0.2, 0) is 15.8 Å². The van der Waals surface area contributed by atoms with Gasteiger partial charge in [0.05, 0.1) is 11.6 Å². The molecule has 0 aliphatic carbocycles. The number of likely N-dealkylation sites (tertiary alicyclic amines) is 1. The van der Waals surface area contributed by atoms with E-state index in [0.29, 0.717) is 12.4 Å². The quantitative estimate of drug-likeness (QED) is 0.547. The number of carbonyl (C=O) groups is 2. The molecule has 1 heterocycles. The third-order valence-corrected chi connectivity index (χ3v) is 4.50. The molecule has 1 saturated heterocycles. The van der Waals surface area contributed by atoms with Crippen LogP contribution >= 0.6 is 0 Å². The van der Waals surface area contributed by atoms with Crippen molar-refractivity contribution in [2.45, 2.75) is 58.8 Å². The maximum Gasteiger partial charge on any atom is 0.416 e. The van der Waals surface area contributed by atoms with Gasteiger partial charge in [0, 0.05) is 11.7 Å². The first-order valence-electron chi connectivity index (χ1n) is 9.14. The number of anilines is 1. The topological polar surface area (TPSA) is 69.6 Å². The second-order valence-corrected chi connectivity index (χ2v) is 7.93. The molecule has 0 aromatic heterocycles. The number of aldehydes is 1. The maximum absolute atomic E-state index is 13.2. The number of rotatable bonds is 3. The monoisotopic (exact) mass is 422 g/mol. The lowest BCUT2D eigenvalue weighted by atomic mass is 9.87. The first-order chi connectivity index (χ1) is 13.3. The van der Waals surface area contributed by atoms with Crippen molar-refractivity contribution >= 4 is 18.4 Å². The standard InChI is InChI=1S/C13H15F4NO.C6H13N.CH2O2/c1-12(2,3)11(7-19)18-10-5-8(13(15,16)17)4-9(14)6-10;1-6-4-3-5-7(6)2;2-1-3/h4-7,11,18H,1-3H3;6H,3-5H2,1-2H3;1H,(H,2,3)/t11-;;/m1../s1. The second kappa shape index (κ2) is 11.7. The molecule has 2 atom stereocenters. The zero-order valence-electron chi connectivity index (χ0n) is 17.4. The molecule has 1 fully saturated rings. The lowest BCUT2D eigenvalue weighted by molar-refractivity contribution is -0.137. The molecule has 0 radical (unpaired) electrons. The Morgan fingerprint density at radius 2 is 1.76 bits per heavy atom. The van der Waals surface area contributed by atoms with Crippen LogP contribution in [0.1, 0.15) is 46.1 Å². The smallest absolute Gasteiger partial charge is 0.416 e. The zero-order chi connectivity index (χ0) is 22.8. The molecule has 5 nitrogen and oxygen atoms in total. The highest BCUT2D eigenvalue weighted by molar-refractivity contribution is 5.66. The Morgan fingerprint density at radius 3 is 2.07 bits per heavy atom. The van der Waals surface area contributed by atoms with E-state index in [1.165, 1.54) is 19.4 Å². The van der Waals surface area contributed by atoms with Gasteiger partial charge >= 0.3 is 6.18 Å². The van der Waals surface area contributed by atoms with Crippen molar-refractivity contribution < 1.29 is 32.3 Å². The first-order valence-corrected chi connectivity index (χ1v) is 9.14. The summed E-state index contributed by atoms with van der Waals surface area (Å²) >= 11 is 0. The number of nitrogens with one attached hydrogen (secondary N) is 1. The van der Waals surface area contributed by atoms with Gasteiger partial charge in [-0.25, -0.2) is 4.39 Å². The summed E-state index contributed by atoms with van der Waals surface area (Å²) in [6, 6.07) is 2.26. The molecule has 2 rings (SSSR count). The highest BCUT2D eigenvalue weighted by Gasteiger charge is 2.32. The average molecular weight is 422 g/mol. The Hall–Kier alpha value is -2.16. The van der Waals surface area contributed by atoms with Crippen LogP contribution in [0.2, 0.25) is 0 Å². The number of benzene rings is 1. The Balaban J connectivity index is 0.000000643. The van der Waals surface area contributed by atoms with E-state index >= 15 is 0 Å². The van der Waals surface area contributed by atoms with E-state index < -0.39 is 29.0 Å². The fourth-order valence-corrected chi connectivity index (χ4v) is 2.55. The highest BCUT2D eigenvalue weighted by Crippen LogP contribution is 2.32. The number of hydrogen-bond acceptors (Lipinski definition) is 4. The summed E-state index contributed by atoms with van der Waals surface area (Å²) in [5, 5.41) is 9.50. The number of alkyl halides is 3. The summed E-state index contributed by atoms with van der Waals surface area (Å²) in [5.74, 6) is -1.00. The maximum atomic E-state index is 13.2. The third kappa shape index (κ3) is 10.3. The van der Waals surface area contributed by atoms with Gasteiger partial charge in [-0.3, -0.25) is 4.79 Å². The zero-order valence-corrected chi connectivity index (χ0v) is 17.4. The molecule has 1 aliphatic rings. The van der Waals surface area contributed by atoms with Crippen LogP contribution in [0.25, 0.3) is 0 Å². The molecular weight excluding hydrogens is 392 g/mol. The molecular formula is C20H30F4N2O3. The number of carbonyl (C=O) groups excluding carboxylic acids is 1. The third-order valence-electron chi connectivity index (χ3n) is 4.50.